The number of nitrogens with zero attached hydrogens (tertiary/aromatic N) is 1. The van der Waals surface area contributed by atoms with Crippen molar-refractivity contribution < 1.29 is 27.5 Å². The van der Waals surface area contributed by atoms with Gasteiger partial charge in [0, 0.05) is 33.3 Å². The van der Waals surface area contributed by atoms with Gasteiger partial charge >= 0.3 is 6.18 Å². The van der Waals surface area contributed by atoms with Gasteiger partial charge in [-0.3, -0.25) is 14.5 Å². The third-order valence-electron chi connectivity index (χ3n) is 4.09. The van der Waals surface area contributed by atoms with Crippen LogP contribution in [-0.2, 0) is 27.0 Å². The maximum absolute atomic E-state index is 12.9. The minimum atomic E-state index is -4.42. The molecule has 0 unspecified atom stereocenters. The van der Waals surface area contributed by atoms with E-state index in [0.717, 1.165) is 12.1 Å². The van der Waals surface area contributed by atoms with Gasteiger partial charge in [0.05, 0.1) is 24.6 Å². The van der Waals surface area contributed by atoms with Crippen LogP contribution in [0.15, 0.2) is 24.3 Å². The lowest BCUT2D eigenvalue weighted by Crippen LogP contribution is -2.56. The number of piperazine rings is 1. The predicted octanol–water partition coefficient (Wildman–Crippen LogP) is 1.16. The lowest BCUT2D eigenvalue weighted by atomic mass is 10.1. The van der Waals surface area contributed by atoms with Crippen LogP contribution in [0.2, 0.25) is 0 Å². The Bertz CT molecular complexity index is 637. The zero-order valence-electron chi connectivity index (χ0n) is 14.4. The first-order chi connectivity index (χ1) is 12.3. The number of carbonyl (C=O) groups is 2. The number of hydrogen-bond donors (Lipinski definition) is 2. The molecule has 0 aliphatic carbocycles. The fraction of sp³-hybridized carbons (Fsp3) is 0.529. The van der Waals surface area contributed by atoms with Gasteiger partial charge in [-0.2, -0.15) is 13.2 Å². The molecule has 144 valence electrons. The third kappa shape index (κ3) is 5.70. The van der Waals surface area contributed by atoms with Gasteiger partial charge in [-0.1, -0.05) is 18.2 Å². The Morgan fingerprint density at radius 2 is 2.19 bits per heavy atom. The molecule has 0 aromatic heterocycles. The highest BCUT2D eigenvalue weighted by atomic mass is 19.4. The van der Waals surface area contributed by atoms with Crippen molar-refractivity contribution in [2.75, 3.05) is 33.4 Å². The van der Waals surface area contributed by atoms with Gasteiger partial charge in [-0.15, -0.1) is 0 Å². The molecule has 1 atom stereocenters. The third-order valence-corrected chi connectivity index (χ3v) is 4.09. The Morgan fingerprint density at radius 3 is 2.88 bits per heavy atom. The molecule has 6 nitrogen and oxygen atoms in total. The number of benzene rings is 1. The van der Waals surface area contributed by atoms with Crippen LogP contribution in [0.5, 0.6) is 0 Å². The van der Waals surface area contributed by atoms with Gasteiger partial charge in [-0.05, 0) is 11.6 Å². The van der Waals surface area contributed by atoms with Gasteiger partial charge in [0.25, 0.3) is 0 Å². The molecule has 1 aromatic rings. The van der Waals surface area contributed by atoms with E-state index in [-0.39, 0.29) is 24.8 Å². The minimum Gasteiger partial charge on any atom is -0.383 e. The molecule has 1 heterocycles. The first-order valence-electron chi connectivity index (χ1n) is 8.25. The Morgan fingerprint density at radius 1 is 1.42 bits per heavy atom. The molecule has 0 radical (unpaired) electrons. The maximum atomic E-state index is 12.9. The molecule has 2 amide bonds. The Hall–Kier alpha value is -2.13. The summed E-state index contributed by atoms with van der Waals surface area (Å²) in [6, 6.07) is 4.28. The number of alkyl halides is 3. The van der Waals surface area contributed by atoms with Crippen molar-refractivity contribution in [3.63, 3.8) is 0 Å². The van der Waals surface area contributed by atoms with E-state index in [1.165, 1.54) is 13.2 Å². The van der Waals surface area contributed by atoms with E-state index in [9.17, 15) is 22.8 Å². The molecule has 1 aliphatic rings. The van der Waals surface area contributed by atoms with E-state index in [4.69, 9.17) is 4.74 Å². The van der Waals surface area contributed by atoms with E-state index in [1.54, 1.807) is 11.0 Å². The van der Waals surface area contributed by atoms with Crippen LogP contribution in [0.1, 0.15) is 17.5 Å². The number of carbonyl (C=O) groups excluding carboxylic acids is 2. The highest BCUT2D eigenvalue weighted by molar-refractivity contribution is 5.88. The largest absolute Gasteiger partial charge is 0.416 e. The van der Waals surface area contributed by atoms with Crippen molar-refractivity contribution in [1.82, 2.24) is 15.5 Å². The van der Waals surface area contributed by atoms with E-state index >= 15 is 0 Å². The smallest absolute Gasteiger partial charge is 0.383 e. The average Bonchev–Trinajstić information content (AvgIpc) is 2.58. The van der Waals surface area contributed by atoms with Crippen molar-refractivity contribution in [3.8, 4) is 0 Å². The van der Waals surface area contributed by atoms with E-state index in [0.29, 0.717) is 31.8 Å². The second-order valence-corrected chi connectivity index (χ2v) is 6.02. The topological polar surface area (TPSA) is 70.7 Å². The predicted molar refractivity (Wildman–Crippen MR) is 88.2 cm³/mol. The molecule has 1 aliphatic heterocycles. The summed E-state index contributed by atoms with van der Waals surface area (Å²) in [6.45, 7) is 1.69. The number of rotatable bonds is 7. The fourth-order valence-corrected chi connectivity index (χ4v) is 2.79. The Kier molecular flexibility index (Phi) is 6.98. The molecule has 0 spiro atoms. The van der Waals surface area contributed by atoms with Gasteiger partial charge in [0.1, 0.15) is 0 Å². The molecule has 0 saturated carbocycles. The highest BCUT2D eigenvalue weighted by Gasteiger charge is 2.33. The number of hydrogen-bond acceptors (Lipinski definition) is 4. The summed E-state index contributed by atoms with van der Waals surface area (Å²) in [5.74, 6) is -0.608. The van der Waals surface area contributed by atoms with Crippen molar-refractivity contribution in [2.45, 2.75) is 25.2 Å². The van der Waals surface area contributed by atoms with Gasteiger partial charge < -0.3 is 15.4 Å². The van der Waals surface area contributed by atoms with Crippen LogP contribution >= 0.6 is 0 Å². The summed E-state index contributed by atoms with van der Waals surface area (Å²) >= 11 is 0. The number of methoxy groups -OCH3 is 1. The molecule has 9 heteroatoms. The molecule has 0 bridgehead atoms. The standard InChI is InChI=1S/C17H22F3N3O3/c1-26-8-6-21-15(24)10-14-16(25)22-5-7-23(14)11-12-3-2-4-13(9-12)17(18,19)20/h2-4,9,14H,5-8,10-11H2,1H3,(H,21,24)(H,22,25)/t14-/m1/s1. The van der Waals surface area contributed by atoms with Crippen LogP contribution in [0, 0.1) is 0 Å². The second-order valence-electron chi connectivity index (χ2n) is 6.02. The van der Waals surface area contributed by atoms with Crippen molar-refractivity contribution in [3.05, 3.63) is 35.4 Å². The lowest BCUT2D eigenvalue weighted by Gasteiger charge is -2.34. The van der Waals surface area contributed by atoms with Crippen molar-refractivity contribution in [2.24, 2.45) is 0 Å². The zero-order valence-corrected chi connectivity index (χ0v) is 14.4. The zero-order chi connectivity index (χ0) is 19.2. The lowest BCUT2D eigenvalue weighted by molar-refractivity contribution is -0.137. The van der Waals surface area contributed by atoms with Gasteiger partial charge in [0.15, 0.2) is 0 Å². The van der Waals surface area contributed by atoms with Crippen LogP contribution in [-0.4, -0.2) is 56.1 Å². The minimum absolute atomic E-state index is 0.0610. The van der Waals surface area contributed by atoms with Gasteiger partial charge in [0.2, 0.25) is 11.8 Å². The first-order valence-corrected chi connectivity index (χ1v) is 8.25. The van der Waals surface area contributed by atoms with Crippen LogP contribution in [0.4, 0.5) is 13.2 Å². The summed E-state index contributed by atoms with van der Waals surface area (Å²) in [7, 11) is 1.51. The normalized spacial score (nSPS) is 18.5. The fourth-order valence-electron chi connectivity index (χ4n) is 2.79. The molecule has 1 aromatic carbocycles. The van der Waals surface area contributed by atoms with E-state index in [1.807, 2.05) is 0 Å². The number of nitrogens with one attached hydrogen (secondary N) is 2. The number of halogens is 3. The molecule has 2 N–H and O–H groups in total. The summed E-state index contributed by atoms with van der Waals surface area (Å²) < 4.78 is 43.4. The highest BCUT2D eigenvalue weighted by Crippen LogP contribution is 2.30. The van der Waals surface area contributed by atoms with E-state index < -0.39 is 17.8 Å². The van der Waals surface area contributed by atoms with Crippen molar-refractivity contribution >= 4 is 11.8 Å². The molecule has 2 rings (SSSR count). The second kappa shape index (κ2) is 9.00. The molecule has 26 heavy (non-hydrogen) atoms. The van der Waals surface area contributed by atoms with Gasteiger partial charge in [-0.25, -0.2) is 0 Å². The molecular formula is C17H22F3N3O3. The summed E-state index contributed by atoms with van der Waals surface area (Å²) in [6.07, 6.45) is -4.48. The summed E-state index contributed by atoms with van der Waals surface area (Å²) in [5.41, 5.74) is -0.287. The Balaban J connectivity index is 2.05. The Labute approximate surface area is 149 Å². The van der Waals surface area contributed by atoms with Crippen LogP contribution in [0.25, 0.3) is 0 Å². The van der Waals surface area contributed by atoms with Crippen molar-refractivity contribution in [1.29, 1.82) is 0 Å². The quantitative estimate of drug-likeness (QED) is 0.704. The first kappa shape index (κ1) is 20.2. The van der Waals surface area contributed by atoms with Crippen LogP contribution in [0.3, 0.4) is 0 Å². The molecular weight excluding hydrogens is 351 g/mol. The monoisotopic (exact) mass is 373 g/mol. The number of amides is 2. The average molecular weight is 373 g/mol. The van der Waals surface area contributed by atoms with Crippen LogP contribution < -0.4 is 10.6 Å². The summed E-state index contributed by atoms with van der Waals surface area (Å²) in [5, 5.41) is 5.34. The number of ether oxygens (including phenoxy) is 1. The SMILES string of the molecule is COCCNC(=O)C[C@@H]1C(=O)NCCN1Cc1cccc(C(F)(F)F)c1. The molecule has 1 fully saturated rings. The maximum Gasteiger partial charge on any atom is 0.416 e. The molecule has 1 saturated heterocycles. The van der Waals surface area contributed by atoms with E-state index in [2.05, 4.69) is 10.6 Å². The summed E-state index contributed by atoms with van der Waals surface area (Å²) in [4.78, 5) is 25.9.